The second kappa shape index (κ2) is 5.51. The Morgan fingerprint density at radius 1 is 1.47 bits per heavy atom. The van der Waals surface area contributed by atoms with Gasteiger partial charge < -0.3 is 4.90 Å². The summed E-state index contributed by atoms with van der Waals surface area (Å²) in [4.78, 5) is 13.7. The lowest BCUT2D eigenvalue weighted by molar-refractivity contribution is -0.118. The van der Waals surface area contributed by atoms with Crippen molar-refractivity contribution in [2.45, 2.75) is 25.8 Å². The number of hydrogen-bond donors (Lipinski definition) is 0. The van der Waals surface area contributed by atoms with Gasteiger partial charge in [-0.3, -0.25) is 4.79 Å². The molecule has 1 fully saturated rings. The van der Waals surface area contributed by atoms with Gasteiger partial charge in [0.25, 0.3) is 0 Å². The molecular formula is C13H16ClNO3S. The van der Waals surface area contributed by atoms with Crippen LogP contribution in [0.15, 0.2) is 24.3 Å². The van der Waals surface area contributed by atoms with Gasteiger partial charge in [-0.05, 0) is 24.6 Å². The predicted molar refractivity (Wildman–Crippen MR) is 76.3 cm³/mol. The lowest BCUT2D eigenvalue weighted by atomic mass is 10.1. The Labute approximate surface area is 118 Å². The van der Waals surface area contributed by atoms with Gasteiger partial charge >= 0.3 is 0 Å². The summed E-state index contributed by atoms with van der Waals surface area (Å²) in [6.45, 7) is 1.77. The van der Waals surface area contributed by atoms with E-state index in [2.05, 4.69) is 0 Å². The minimum atomic E-state index is -3.03. The maximum Gasteiger partial charge on any atom is 0.226 e. The Bertz CT molecular complexity index is 585. The lowest BCUT2D eigenvalue weighted by Gasteiger charge is -2.28. The Morgan fingerprint density at radius 2 is 2.21 bits per heavy atom. The van der Waals surface area contributed by atoms with Crippen LogP contribution in [-0.2, 0) is 14.6 Å². The monoisotopic (exact) mass is 301 g/mol. The molecule has 1 saturated heterocycles. The van der Waals surface area contributed by atoms with Gasteiger partial charge in [-0.1, -0.05) is 24.6 Å². The molecule has 1 aliphatic rings. The molecule has 19 heavy (non-hydrogen) atoms. The molecule has 0 aromatic heterocycles. The first kappa shape index (κ1) is 14.3. The highest BCUT2D eigenvalue weighted by molar-refractivity contribution is 7.91. The molecule has 1 unspecified atom stereocenters. The van der Waals surface area contributed by atoms with Gasteiger partial charge in [0.15, 0.2) is 9.84 Å². The van der Waals surface area contributed by atoms with E-state index in [1.54, 1.807) is 36.1 Å². The van der Waals surface area contributed by atoms with E-state index < -0.39 is 9.84 Å². The molecule has 0 saturated carbocycles. The largest absolute Gasteiger partial charge is 0.308 e. The smallest absolute Gasteiger partial charge is 0.226 e. The number of carbonyl (C=O) groups is 1. The number of hydrogen-bond acceptors (Lipinski definition) is 3. The van der Waals surface area contributed by atoms with Gasteiger partial charge in [0, 0.05) is 17.1 Å². The van der Waals surface area contributed by atoms with Crippen molar-refractivity contribution >= 4 is 33.0 Å². The molecular weight excluding hydrogens is 286 g/mol. The van der Waals surface area contributed by atoms with Crippen LogP contribution >= 0.6 is 11.6 Å². The van der Waals surface area contributed by atoms with E-state index in [0.29, 0.717) is 23.6 Å². The number of anilines is 1. The maximum absolute atomic E-state index is 12.1. The van der Waals surface area contributed by atoms with E-state index in [1.165, 1.54) is 0 Å². The summed E-state index contributed by atoms with van der Waals surface area (Å²) in [6, 6.07) is 6.68. The average Bonchev–Trinajstić information content (AvgIpc) is 2.69. The molecule has 0 aliphatic carbocycles. The van der Waals surface area contributed by atoms with Crippen LogP contribution in [-0.4, -0.2) is 31.9 Å². The predicted octanol–water partition coefficient (Wildman–Crippen LogP) is 2.27. The molecule has 4 nitrogen and oxygen atoms in total. The second-order valence-electron chi connectivity index (χ2n) is 4.65. The second-order valence-corrected chi connectivity index (χ2v) is 7.32. The van der Waals surface area contributed by atoms with Gasteiger partial charge in [0.2, 0.25) is 5.91 Å². The van der Waals surface area contributed by atoms with Crippen molar-refractivity contribution in [2.75, 3.05) is 16.4 Å². The number of carbonyl (C=O) groups excluding carboxylic acids is 1. The molecule has 0 N–H and O–H groups in total. The third kappa shape index (κ3) is 3.28. The summed E-state index contributed by atoms with van der Waals surface area (Å²) >= 11 is 5.94. The van der Waals surface area contributed by atoms with Crippen molar-refractivity contribution in [3.8, 4) is 0 Å². The summed E-state index contributed by atoms with van der Waals surface area (Å²) in [6.07, 6.45) is 0.823. The standard InChI is InChI=1S/C13H16ClNO3S/c1-2-13(16)15(11-5-3-4-10(14)8-11)12-6-7-19(17,18)9-12/h3-5,8,12H,2,6-7,9H2,1H3. The summed E-state index contributed by atoms with van der Waals surface area (Å²) in [5.41, 5.74) is 0.668. The Balaban J connectivity index is 2.35. The molecule has 1 heterocycles. The van der Waals surface area contributed by atoms with E-state index in [0.717, 1.165) is 0 Å². The van der Waals surface area contributed by atoms with Gasteiger partial charge in [-0.2, -0.15) is 0 Å². The third-order valence-electron chi connectivity index (χ3n) is 3.23. The fraction of sp³-hybridized carbons (Fsp3) is 0.462. The van der Waals surface area contributed by atoms with E-state index in [9.17, 15) is 13.2 Å². The van der Waals surface area contributed by atoms with Crippen LogP contribution in [0.1, 0.15) is 19.8 Å². The lowest BCUT2D eigenvalue weighted by Crippen LogP contribution is -2.41. The molecule has 1 atom stereocenters. The highest BCUT2D eigenvalue weighted by Gasteiger charge is 2.34. The molecule has 104 valence electrons. The van der Waals surface area contributed by atoms with Crippen molar-refractivity contribution in [1.29, 1.82) is 0 Å². The zero-order chi connectivity index (χ0) is 14.0. The van der Waals surface area contributed by atoms with Crippen molar-refractivity contribution in [3.63, 3.8) is 0 Å². The van der Waals surface area contributed by atoms with Crippen molar-refractivity contribution in [3.05, 3.63) is 29.3 Å². The van der Waals surface area contributed by atoms with Gasteiger partial charge in [0.05, 0.1) is 17.5 Å². The van der Waals surface area contributed by atoms with Crippen molar-refractivity contribution < 1.29 is 13.2 Å². The number of rotatable bonds is 3. The molecule has 0 spiro atoms. The topological polar surface area (TPSA) is 54.5 Å². The Hall–Kier alpha value is -1.07. The number of halogens is 1. The van der Waals surface area contributed by atoms with Gasteiger partial charge in [-0.15, -0.1) is 0 Å². The summed E-state index contributed by atoms with van der Waals surface area (Å²) < 4.78 is 23.2. The first-order valence-electron chi connectivity index (χ1n) is 6.21. The normalized spacial score (nSPS) is 21.3. The maximum atomic E-state index is 12.1. The highest BCUT2D eigenvalue weighted by Crippen LogP contribution is 2.27. The number of nitrogens with zero attached hydrogens (tertiary/aromatic N) is 1. The Kier molecular flexibility index (Phi) is 4.16. The molecule has 6 heteroatoms. The molecule has 0 bridgehead atoms. The molecule has 2 rings (SSSR count). The number of sulfone groups is 1. The molecule has 0 radical (unpaired) electrons. The van der Waals surface area contributed by atoms with Gasteiger partial charge in [-0.25, -0.2) is 8.42 Å². The van der Waals surface area contributed by atoms with Crippen LogP contribution in [0.3, 0.4) is 0 Å². The first-order chi connectivity index (χ1) is 8.93. The van der Waals surface area contributed by atoms with Crippen LogP contribution < -0.4 is 4.90 Å². The Morgan fingerprint density at radius 3 is 2.74 bits per heavy atom. The van der Waals surface area contributed by atoms with E-state index in [4.69, 9.17) is 11.6 Å². The first-order valence-corrected chi connectivity index (χ1v) is 8.41. The average molecular weight is 302 g/mol. The summed E-state index contributed by atoms with van der Waals surface area (Å²) in [5, 5.41) is 0.534. The van der Waals surface area contributed by atoms with Crippen LogP contribution in [0, 0.1) is 0 Å². The minimum Gasteiger partial charge on any atom is -0.308 e. The van der Waals surface area contributed by atoms with E-state index in [-0.39, 0.29) is 23.5 Å². The minimum absolute atomic E-state index is 0.0330. The molecule has 1 aromatic rings. The van der Waals surface area contributed by atoms with Crippen LogP contribution in [0.25, 0.3) is 0 Å². The van der Waals surface area contributed by atoms with E-state index >= 15 is 0 Å². The zero-order valence-corrected chi connectivity index (χ0v) is 12.2. The zero-order valence-electron chi connectivity index (χ0n) is 10.7. The fourth-order valence-corrected chi connectivity index (χ4v) is 4.22. The van der Waals surface area contributed by atoms with Crippen molar-refractivity contribution in [1.82, 2.24) is 0 Å². The summed E-state index contributed by atoms with van der Waals surface area (Å²) in [5.74, 6) is 0.0983. The highest BCUT2D eigenvalue weighted by atomic mass is 35.5. The third-order valence-corrected chi connectivity index (χ3v) is 5.22. The van der Waals surface area contributed by atoms with Crippen LogP contribution in [0.4, 0.5) is 5.69 Å². The molecule has 1 aliphatic heterocycles. The van der Waals surface area contributed by atoms with Gasteiger partial charge in [0.1, 0.15) is 0 Å². The van der Waals surface area contributed by atoms with E-state index in [1.807, 2.05) is 0 Å². The number of amides is 1. The number of benzene rings is 1. The summed E-state index contributed by atoms with van der Waals surface area (Å²) in [7, 11) is -3.03. The molecule has 1 aromatic carbocycles. The quantitative estimate of drug-likeness (QED) is 0.860. The SMILES string of the molecule is CCC(=O)N(c1cccc(Cl)c1)C1CCS(=O)(=O)C1. The molecule has 1 amide bonds. The fourth-order valence-electron chi connectivity index (χ4n) is 2.33. The van der Waals surface area contributed by atoms with Crippen LogP contribution in [0.5, 0.6) is 0 Å². The van der Waals surface area contributed by atoms with Crippen molar-refractivity contribution in [2.24, 2.45) is 0 Å². The van der Waals surface area contributed by atoms with Crippen LogP contribution in [0.2, 0.25) is 5.02 Å².